The van der Waals surface area contributed by atoms with E-state index in [4.69, 9.17) is 9.47 Å². The van der Waals surface area contributed by atoms with E-state index >= 15 is 0 Å². The summed E-state index contributed by atoms with van der Waals surface area (Å²) in [6, 6.07) is 8.46. The number of nitrogens with one attached hydrogen (secondary N) is 1. The van der Waals surface area contributed by atoms with Gasteiger partial charge in [0.25, 0.3) is 0 Å². The molecular weight excluding hydrogens is 274 g/mol. The Morgan fingerprint density at radius 3 is 2.82 bits per heavy atom. The van der Waals surface area contributed by atoms with E-state index in [2.05, 4.69) is 23.5 Å². The fraction of sp³-hybridized carbons (Fsp3) is 0.684. The molecule has 1 aromatic rings. The molecule has 22 heavy (non-hydrogen) atoms. The van der Waals surface area contributed by atoms with Gasteiger partial charge in [0.1, 0.15) is 12.4 Å². The molecule has 0 radical (unpaired) electrons. The molecule has 2 fully saturated rings. The van der Waals surface area contributed by atoms with E-state index in [1.807, 2.05) is 6.07 Å². The minimum atomic E-state index is 0.285. The Kier molecular flexibility index (Phi) is 6.14. The Labute approximate surface area is 134 Å². The van der Waals surface area contributed by atoms with Gasteiger partial charge in [-0.05, 0) is 55.8 Å². The van der Waals surface area contributed by atoms with Gasteiger partial charge in [-0.1, -0.05) is 31.4 Å². The first kappa shape index (κ1) is 15.8. The average molecular weight is 303 g/mol. The van der Waals surface area contributed by atoms with Crippen LogP contribution >= 0.6 is 0 Å². The van der Waals surface area contributed by atoms with E-state index in [9.17, 15) is 0 Å². The zero-order valence-corrected chi connectivity index (χ0v) is 13.6. The average Bonchev–Trinajstić information content (AvgIpc) is 3.08. The second kappa shape index (κ2) is 8.54. The van der Waals surface area contributed by atoms with E-state index in [-0.39, 0.29) is 6.10 Å². The molecule has 3 heteroatoms. The molecule has 1 heterocycles. The highest BCUT2D eigenvalue weighted by Gasteiger charge is 2.16. The third kappa shape index (κ3) is 4.99. The molecule has 0 aromatic heterocycles. The quantitative estimate of drug-likeness (QED) is 0.828. The van der Waals surface area contributed by atoms with Crippen molar-refractivity contribution in [3.05, 3.63) is 29.8 Å². The first-order chi connectivity index (χ1) is 10.9. The van der Waals surface area contributed by atoms with Crippen LogP contribution in [0.15, 0.2) is 24.3 Å². The Bertz CT molecular complexity index is 437. The summed E-state index contributed by atoms with van der Waals surface area (Å²) < 4.78 is 11.5. The summed E-state index contributed by atoms with van der Waals surface area (Å²) >= 11 is 0. The number of ether oxygens (including phenoxy) is 2. The maximum Gasteiger partial charge on any atom is 0.119 e. The van der Waals surface area contributed by atoms with Gasteiger partial charge < -0.3 is 14.8 Å². The van der Waals surface area contributed by atoms with Crippen LogP contribution in [0.1, 0.15) is 50.5 Å². The van der Waals surface area contributed by atoms with Crippen molar-refractivity contribution in [3.63, 3.8) is 0 Å². The molecule has 1 N–H and O–H groups in total. The van der Waals surface area contributed by atoms with Crippen LogP contribution in [0.2, 0.25) is 0 Å². The SMILES string of the molecule is c1cc(CNCC2CCCCC2)cc(OCC2CCCO2)c1. The van der Waals surface area contributed by atoms with Crippen molar-refractivity contribution >= 4 is 0 Å². The van der Waals surface area contributed by atoms with Gasteiger partial charge in [-0.3, -0.25) is 0 Å². The van der Waals surface area contributed by atoms with E-state index in [1.54, 1.807) is 0 Å². The smallest absolute Gasteiger partial charge is 0.119 e. The first-order valence-electron chi connectivity index (χ1n) is 8.94. The fourth-order valence-electron chi connectivity index (χ4n) is 3.52. The van der Waals surface area contributed by atoms with Crippen LogP contribution in [0.3, 0.4) is 0 Å². The predicted molar refractivity (Wildman–Crippen MR) is 89.2 cm³/mol. The minimum absolute atomic E-state index is 0.285. The Morgan fingerprint density at radius 1 is 1.09 bits per heavy atom. The molecule has 2 aliphatic rings. The standard InChI is InChI=1S/C19H29NO2/c1-2-6-16(7-3-1)13-20-14-17-8-4-9-18(12-17)22-15-19-10-5-11-21-19/h4,8-9,12,16,19-20H,1-3,5-7,10-11,13-15H2. The van der Waals surface area contributed by atoms with Crippen molar-refractivity contribution in [1.82, 2.24) is 5.32 Å². The maximum atomic E-state index is 5.87. The lowest BCUT2D eigenvalue weighted by atomic mass is 9.89. The fourth-order valence-corrected chi connectivity index (χ4v) is 3.52. The maximum absolute atomic E-state index is 5.87. The Balaban J connectivity index is 1.40. The van der Waals surface area contributed by atoms with E-state index in [0.29, 0.717) is 6.61 Å². The summed E-state index contributed by atoms with van der Waals surface area (Å²) in [5, 5.41) is 3.62. The van der Waals surface area contributed by atoms with Gasteiger partial charge >= 0.3 is 0 Å². The number of hydrogen-bond acceptors (Lipinski definition) is 3. The highest BCUT2D eigenvalue weighted by Crippen LogP contribution is 2.23. The molecule has 1 saturated heterocycles. The van der Waals surface area contributed by atoms with Crippen LogP contribution in [0, 0.1) is 5.92 Å². The molecular formula is C19H29NO2. The molecule has 1 saturated carbocycles. The van der Waals surface area contributed by atoms with Crippen LogP contribution in [0.4, 0.5) is 0 Å². The van der Waals surface area contributed by atoms with Crippen molar-refractivity contribution in [2.24, 2.45) is 5.92 Å². The summed E-state index contributed by atoms with van der Waals surface area (Å²) in [6.07, 6.45) is 9.64. The Morgan fingerprint density at radius 2 is 2.00 bits per heavy atom. The van der Waals surface area contributed by atoms with Gasteiger partial charge in [-0.25, -0.2) is 0 Å². The van der Waals surface area contributed by atoms with E-state index < -0.39 is 0 Å². The van der Waals surface area contributed by atoms with Crippen molar-refractivity contribution in [2.75, 3.05) is 19.8 Å². The molecule has 0 amide bonds. The predicted octanol–water partition coefficient (Wildman–Crippen LogP) is 3.91. The largest absolute Gasteiger partial charge is 0.491 e. The first-order valence-corrected chi connectivity index (χ1v) is 8.94. The van der Waals surface area contributed by atoms with Crippen LogP contribution in [0.25, 0.3) is 0 Å². The molecule has 0 spiro atoms. The molecule has 1 unspecified atom stereocenters. The summed E-state index contributed by atoms with van der Waals surface area (Å²) in [7, 11) is 0. The van der Waals surface area contributed by atoms with Gasteiger partial charge in [0.05, 0.1) is 6.10 Å². The molecule has 1 aliphatic heterocycles. The van der Waals surface area contributed by atoms with E-state index in [0.717, 1.165) is 37.8 Å². The second-order valence-corrected chi connectivity index (χ2v) is 6.73. The zero-order valence-electron chi connectivity index (χ0n) is 13.6. The second-order valence-electron chi connectivity index (χ2n) is 6.73. The molecule has 1 aliphatic carbocycles. The van der Waals surface area contributed by atoms with Crippen LogP contribution < -0.4 is 10.1 Å². The van der Waals surface area contributed by atoms with Crippen LogP contribution in [0.5, 0.6) is 5.75 Å². The zero-order chi connectivity index (χ0) is 15.0. The minimum Gasteiger partial charge on any atom is -0.491 e. The van der Waals surface area contributed by atoms with Gasteiger partial charge in [-0.15, -0.1) is 0 Å². The highest BCUT2D eigenvalue weighted by atomic mass is 16.5. The highest BCUT2D eigenvalue weighted by molar-refractivity contribution is 5.28. The molecule has 3 rings (SSSR count). The topological polar surface area (TPSA) is 30.5 Å². The van der Waals surface area contributed by atoms with Crippen LogP contribution in [-0.4, -0.2) is 25.9 Å². The lowest BCUT2D eigenvalue weighted by Gasteiger charge is -2.21. The number of hydrogen-bond donors (Lipinski definition) is 1. The Hall–Kier alpha value is -1.06. The molecule has 1 atom stereocenters. The third-order valence-corrected chi connectivity index (χ3v) is 4.85. The summed E-state index contributed by atoms with van der Waals surface area (Å²) in [6.45, 7) is 3.66. The normalized spacial score (nSPS) is 22.8. The third-order valence-electron chi connectivity index (χ3n) is 4.85. The van der Waals surface area contributed by atoms with Gasteiger partial charge in [0.2, 0.25) is 0 Å². The van der Waals surface area contributed by atoms with E-state index in [1.165, 1.54) is 44.1 Å². The lowest BCUT2D eigenvalue weighted by Crippen LogP contribution is -2.24. The van der Waals surface area contributed by atoms with Crippen LogP contribution in [-0.2, 0) is 11.3 Å². The van der Waals surface area contributed by atoms with Crippen molar-refractivity contribution in [1.29, 1.82) is 0 Å². The summed E-state index contributed by atoms with van der Waals surface area (Å²) in [4.78, 5) is 0. The molecule has 0 bridgehead atoms. The molecule has 1 aromatic carbocycles. The number of rotatable bonds is 7. The molecule has 122 valence electrons. The monoisotopic (exact) mass is 303 g/mol. The van der Waals surface area contributed by atoms with Crippen molar-refractivity contribution in [2.45, 2.75) is 57.6 Å². The van der Waals surface area contributed by atoms with Gasteiger partial charge in [-0.2, -0.15) is 0 Å². The number of benzene rings is 1. The van der Waals surface area contributed by atoms with Gasteiger partial charge in [0.15, 0.2) is 0 Å². The van der Waals surface area contributed by atoms with Crippen molar-refractivity contribution < 1.29 is 9.47 Å². The molecule has 3 nitrogen and oxygen atoms in total. The summed E-state index contributed by atoms with van der Waals surface area (Å²) in [5.41, 5.74) is 1.31. The van der Waals surface area contributed by atoms with Crippen molar-refractivity contribution in [3.8, 4) is 5.75 Å². The summed E-state index contributed by atoms with van der Waals surface area (Å²) in [5.74, 6) is 1.85. The lowest BCUT2D eigenvalue weighted by molar-refractivity contribution is 0.0679. The van der Waals surface area contributed by atoms with Gasteiger partial charge in [0, 0.05) is 13.2 Å².